The maximum Gasteiger partial charge on any atom is 0.167 e. The first kappa shape index (κ1) is 29.5. The summed E-state index contributed by atoms with van der Waals surface area (Å²) in [6, 6.07) is 10.5. The van der Waals surface area contributed by atoms with Gasteiger partial charge in [-0.3, -0.25) is 0 Å². The number of unbranched alkanes of at least 4 members (excludes halogenated alkanes) is 2. The minimum atomic E-state index is -1.08. The lowest BCUT2D eigenvalue weighted by molar-refractivity contribution is 0.158. The number of rotatable bonds is 11. The Morgan fingerprint density at radius 2 is 1.61 bits per heavy atom. The zero-order chi connectivity index (χ0) is 29.1. The van der Waals surface area contributed by atoms with Crippen LogP contribution >= 0.6 is 0 Å². The molecule has 1 aliphatic heterocycles. The fraction of sp³-hybridized carbons (Fsp3) is 0.412. The number of aliphatic hydroxyl groups excluding tert-OH is 1. The molecule has 0 spiro atoms. The summed E-state index contributed by atoms with van der Waals surface area (Å²) < 4.78 is 78.8. The Bertz CT molecular complexity index is 1430. The highest BCUT2D eigenvalue weighted by Gasteiger charge is 2.30. The van der Waals surface area contributed by atoms with Gasteiger partial charge < -0.3 is 9.84 Å². The minimum absolute atomic E-state index is 0.00686. The molecular weight excluding hydrogens is 535 g/mol. The summed E-state index contributed by atoms with van der Waals surface area (Å²) in [4.78, 5) is 0. The largest absolute Gasteiger partial charge is 0.388 e. The third kappa shape index (κ3) is 6.57. The average molecular weight is 571 g/mol. The van der Waals surface area contributed by atoms with Gasteiger partial charge in [0.25, 0.3) is 0 Å². The minimum Gasteiger partial charge on any atom is -0.388 e. The molecule has 1 heterocycles. The first-order chi connectivity index (χ1) is 19.8. The molecule has 7 heteroatoms. The molecule has 2 aliphatic rings. The normalized spacial score (nSPS) is 19.2. The average Bonchev–Trinajstić information content (AvgIpc) is 3.81. The fourth-order valence-electron chi connectivity index (χ4n) is 5.76. The molecule has 0 aromatic heterocycles. The zero-order valence-corrected chi connectivity index (χ0v) is 23.2. The lowest BCUT2D eigenvalue weighted by Crippen LogP contribution is -2.09. The Balaban J connectivity index is 1.19. The van der Waals surface area contributed by atoms with Crippen LogP contribution in [0.15, 0.2) is 48.5 Å². The van der Waals surface area contributed by atoms with Crippen LogP contribution in [-0.2, 0) is 11.2 Å². The molecule has 1 aliphatic carbocycles. The SMILES string of the molecule is CCCCCC(O)c1ccc(C2=CCC(CCc3ccc(-c4ccc(C5CO5)c(F)c4F)c(F)c3)CC2)c(F)c1F. The number of allylic oxidation sites excluding steroid dienone is 2. The molecular formula is C34H35F5O2. The van der Waals surface area contributed by atoms with Gasteiger partial charge in [0, 0.05) is 27.8 Å². The van der Waals surface area contributed by atoms with Crippen molar-refractivity contribution in [1.29, 1.82) is 0 Å². The number of benzene rings is 3. The van der Waals surface area contributed by atoms with Crippen LogP contribution in [0.5, 0.6) is 0 Å². The highest BCUT2D eigenvalue weighted by molar-refractivity contribution is 5.68. The third-order valence-corrected chi connectivity index (χ3v) is 8.38. The Morgan fingerprint density at radius 3 is 2.29 bits per heavy atom. The van der Waals surface area contributed by atoms with Crippen molar-refractivity contribution in [3.63, 3.8) is 0 Å². The lowest BCUT2D eigenvalue weighted by atomic mass is 9.83. The molecule has 0 radical (unpaired) electrons. The summed E-state index contributed by atoms with van der Waals surface area (Å²) in [6.07, 6.45) is 7.03. The van der Waals surface area contributed by atoms with E-state index in [4.69, 9.17) is 4.74 Å². The van der Waals surface area contributed by atoms with Crippen molar-refractivity contribution >= 4 is 5.57 Å². The summed E-state index contributed by atoms with van der Waals surface area (Å²) in [5, 5.41) is 10.3. The lowest BCUT2D eigenvalue weighted by Gasteiger charge is -2.23. The smallest absolute Gasteiger partial charge is 0.167 e. The van der Waals surface area contributed by atoms with Crippen molar-refractivity contribution in [1.82, 2.24) is 0 Å². The van der Waals surface area contributed by atoms with Crippen LogP contribution in [0.25, 0.3) is 16.7 Å². The zero-order valence-electron chi connectivity index (χ0n) is 23.2. The van der Waals surface area contributed by atoms with E-state index in [0.717, 1.165) is 43.2 Å². The van der Waals surface area contributed by atoms with Gasteiger partial charge in [-0.25, -0.2) is 22.0 Å². The Kier molecular flexibility index (Phi) is 9.25. The molecule has 2 nitrogen and oxygen atoms in total. The van der Waals surface area contributed by atoms with Gasteiger partial charge in [-0.15, -0.1) is 0 Å². The van der Waals surface area contributed by atoms with Gasteiger partial charge in [0.05, 0.1) is 12.7 Å². The van der Waals surface area contributed by atoms with E-state index in [1.165, 1.54) is 30.3 Å². The van der Waals surface area contributed by atoms with Crippen LogP contribution in [0.1, 0.15) is 92.8 Å². The summed E-state index contributed by atoms with van der Waals surface area (Å²) >= 11 is 0. The van der Waals surface area contributed by atoms with E-state index in [2.05, 4.69) is 0 Å². The molecule has 1 saturated heterocycles. The molecule has 0 amide bonds. The van der Waals surface area contributed by atoms with Crippen molar-refractivity contribution in [2.24, 2.45) is 5.92 Å². The van der Waals surface area contributed by atoms with Gasteiger partial charge in [-0.2, -0.15) is 0 Å². The number of hydrogen-bond donors (Lipinski definition) is 1. The number of epoxide rings is 1. The van der Waals surface area contributed by atoms with Crippen molar-refractivity contribution in [3.05, 3.63) is 99.9 Å². The second kappa shape index (κ2) is 12.9. The molecule has 0 bridgehead atoms. The molecule has 1 fully saturated rings. The first-order valence-electron chi connectivity index (χ1n) is 14.5. The predicted molar refractivity (Wildman–Crippen MR) is 150 cm³/mol. The molecule has 218 valence electrons. The van der Waals surface area contributed by atoms with Crippen LogP contribution in [0.3, 0.4) is 0 Å². The van der Waals surface area contributed by atoms with Crippen LogP contribution in [0.4, 0.5) is 22.0 Å². The monoisotopic (exact) mass is 570 g/mol. The van der Waals surface area contributed by atoms with Crippen LogP contribution in [0.2, 0.25) is 0 Å². The van der Waals surface area contributed by atoms with Crippen molar-refractivity contribution < 1.29 is 31.8 Å². The van der Waals surface area contributed by atoms with Crippen LogP contribution in [-0.4, -0.2) is 11.7 Å². The van der Waals surface area contributed by atoms with Crippen molar-refractivity contribution in [3.8, 4) is 11.1 Å². The predicted octanol–water partition coefficient (Wildman–Crippen LogP) is 9.55. The summed E-state index contributed by atoms with van der Waals surface area (Å²) in [5.41, 5.74) is 1.79. The Morgan fingerprint density at radius 1 is 0.878 bits per heavy atom. The molecule has 3 aromatic rings. The molecule has 5 rings (SSSR count). The maximum absolute atomic E-state index is 14.9. The molecule has 3 unspecified atom stereocenters. The van der Waals surface area contributed by atoms with Gasteiger partial charge in [-0.1, -0.05) is 68.7 Å². The van der Waals surface area contributed by atoms with E-state index >= 15 is 0 Å². The first-order valence-corrected chi connectivity index (χ1v) is 14.5. The molecule has 0 saturated carbocycles. The quantitative estimate of drug-likeness (QED) is 0.141. The number of aliphatic hydroxyl groups is 1. The van der Waals surface area contributed by atoms with Gasteiger partial charge in [0.1, 0.15) is 11.9 Å². The summed E-state index contributed by atoms with van der Waals surface area (Å²) in [7, 11) is 0. The van der Waals surface area contributed by atoms with E-state index in [0.29, 0.717) is 38.2 Å². The van der Waals surface area contributed by atoms with E-state index in [-0.39, 0.29) is 27.8 Å². The second-order valence-corrected chi connectivity index (χ2v) is 11.2. The van der Waals surface area contributed by atoms with Crippen molar-refractivity contribution in [2.75, 3.05) is 6.61 Å². The summed E-state index contributed by atoms with van der Waals surface area (Å²) in [6.45, 7) is 2.39. The van der Waals surface area contributed by atoms with Gasteiger partial charge in [0.2, 0.25) is 0 Å². The van der Waals surface area contributed by atoms with Gasteiger partial charge >= 0.3 is 0 Å². The van der Waals surface area contributed by atoms with Crippen LogP contribution < -0.4 is 0 Å². The highest BCUT2D eigenvalue weighted by Crippen LogP contribution is 2.38. The van der Waals surface area contributed by atoms with Crippen molar-refractivity contribution in [2.45, 2.75) is 76.9 Å². The number of ether oxygens (including phenoxy) is 1. The fourth-order valence-corrected chi connectivity index (χ4v) is 5.76. The maximum atomic E-state index is 14.9. The number of hydrogen-bond acceptors (Lipinski definition) is 2. The molecule has 41 heavy (non-hydrogen) atoms. The van der Waals surface area contributed by atoms with E-state index in [1.54, 1.807) is 12.1 Å². The molecule has 3 aromatic carbocycles. The molecule has 1 N–H and O–H groups in total. The van der Waals surface area contributed by atoms with Gasteiger partial charge in [-0.05, 0) is 61.6 Å². The Hall–Kier alpha value is -3.03. The summed E-state index contributed by atoms with van der Waals surface area (Å²) in [5.74, 6) is -4.28. The van der Waals surface area contributed by atoms with Crippen LogP contribution in [0, 0.1) is 35.0 Å². The number of halogens is 5. The topological polar surface area (TPSA) is 32.8 Å². The number of aryl methyl sites for hydroxylation is 1. The van der Waals surface area contributed by atoms with E-state index in [9.17, 15) is 27.1 Å². The van der Waals surface area contributed by atoms with Gasteiger partial charge in [0.15, 0.2) is 23.3 Å². The second-order valence-electron chi connectivity index (χ2n) is 11.2. The van der Waals surface area contributed by atoms with E-state index < -0.39 is 41.3 Å². The highest BCUT2D eigenvalue weighted by atomic mass is 19.2. The molecule has 3 atom stereocenters. The Labute approximate surface area is 237 Å². The standard InChI is InChI=1S/C34H35F5O2/c1-2-3-4-5-29(40)26-16-14-23(31(36)33(26)38)22-11-8-20(9-12-22)6-7-21-10-13-24(28(35)18-21)25-15-17-27(30-19-41-30)34(39)32(25)37/h10-11,13-18,20,29-30,40H,2-9,12,19H2,1H3. The third-order valence-electron chi connectivity index (χ3n) is 8.38. The van der Waals surface area contributed by atoms with E-state index in [1.807, 2.05) is 13.0 Å².